The Bertz CT molecular complexity index is 835. The lowest BCUT2D eigenvalue weighted by atomic mass is 9.80. The van der Waals surface area contributed by atoms with Gasteiger partial charge in [-0.05, 0) is 62.5 Å². The molecule has 0 saturated carbocycles. The van der Waals surface area contributed by atoms with Crippen LogP contribution in [0.5, 0.6) is 0 Å². The highest BCUT2D eigenvalue weighted by atomic mass is 35.5. The van der Waals surface area contributed by atoms with Gasteiger partial charge in [0.25, 0.3) is 0 Å². The summed E-state index contributed by atoms with van der Waals surface area (Å²) in [4.78, 5) is 4.74. The van der Waals surface area contributed by atoms with E-state index in [-0.39, 0.29) is 6.10 Å². The van der Waals surface area contributed by atoms with Crippen molar-refractivity contribution in [3.63, 3.8) is 0 Å². The normalized spacial score (nSPS) is 22.6. The maximum absolute atomic E-state index is 13.4. The van der Waals surface area contributed by atoms with E-state index in [9.17, 15) is 8.42 Å². The van der Waals surface area contributed by atoms with E-state index in [2.05, 4.69) is 31.3 Å². The number of sulfonamides is 1. The summed E-state index contributed by atoms with van der Waals surface area (Å²) >= 11 is 5.82. The number of alkyl halides is 1. The Kier molecular flexibility index (Phi) is 8.36. The molecule has 30 heavy (non-hydrogen) atoms. The molecular formula is C23H35ClN2O3S. The summed E-state index contributed by atoms with van der Waals surface area (Å²) < 4.78 is 34.0. The van der Waals surface area contributed by atoms with Gasteiger partial charge in [0, 0.05) is 38.2 Å². The van der Waals surface area contributed by atoms with Gasteiger partial charge in [-0.2, -0.15) is 0 Å². The molecule has 2 aliphatic heterocycles. The van der Waals surface area contributed by atoms with Gasteiger partial charge in [-0.1, -0.05) is 25.1 Å². The highest BCUT2D eigenvalue weighted by Crippen LogP contribution is 2.36. The van der Waals surface area contributed by atoms with Crippen LogP contribution in [0.4, 0.5) is 5.69 Å². The van der Waals surface area contributed by atoms with Gasteiger partial charge in [-0.15, -0.1) is 11.6 Å². The number of piperidine rings is 1. The second-order valence-corrected chi connectivity index (χ2v) is 11.1. The van der Waals surface area contributed by atoms with Crippen molar-refractivity contribution in [3.8, 4) is 0 Å². The third-order valence-electron chi connectivity index (χ3n) is 6.76. The molecule has 1 fully saturated rings. The lowest BCUT2D eigenvalue weighted by Gasteiger charge is -2.38. The van der Waals surface area contributed by atoms with E-state index in [4.69, 9.17) is 21.3 Å². The zero-order valence-corrected chi connectivity index (χ0v) is 20.0. The summed E-state index contributed by atoms with van der Waals surface area (Å²) in [6, 6.07) is 6.37. The number of hydrogen-bond donors (Lipinski definition) is 0. The third kappa shape index (κ3) is 5.09. The molecule has 0 aliphatic carbocycles. The van der Waals surface area contributed by atoms with E-state index >= 15 is 0 Å². The number of aryl methyl sites for hydroxylation is 1. The van der Waals surface area contributed by atoms with E-state index < -0.39 is 15.3 Å². The molecule has 3 rings (SSSR count). The molecule has 1 aromatic rings. The van der Waals surface area contributed by atoms with Crippen molar-refractivity contribution >= 4 is 33.5 Å². The van der Waals surface area contributed by atoms with E-state index in [0.717, 1.165) is 31.4 Å². The van der Waals surface area contributed by atoms with Crippen LogP contribution in [0.3, 0.4) is 0 Å². The minimum Gasteiger partial charge on any atom is -0.380 e. The summed E-state index contributed by atoms with van der Waals surface area (Å²) in [5.41, 5.74) is 3.64. The maximum atomic E-state index is 13.4. The van der Waals surface area contributed by atoms with Gasteiger partial charge >= 0.3 is 0 Å². The average Bonchev–Trinajstić information content (AvgIpc) is 2.76. The Hall–Kier alpha value is -0.950. The highest BCUT2D eigenvalue weighted by molar-refractivity contribution is 7.89. The summed E-state index contributed by atoms with van der Waals surface area (Å²) in [7, 11) is -1.79. The van der Waals surface area contributed by atoms with E-state index in [1.165, 1.54) is 11.1 Å². The van der Waals surface area contributed by atoms with Crippen LogP contribution in [0.1, 0.15) is 50.2 Å². The molecule has 0 spiro atoms. The number of nitrogens with zero attached hydrogens (tertiary/aromatic N) is 2. The predicted molar refractivity (Wildman–Crippen MR) is 125 cm³/mol. The minimum absolute atomic E-state index is 0.304. The highest BCUT2D eigenvalue weighted by Gasteiger charge is 2.39. The smallest absolute Gasteiger partial charge is 0.219 e. The van der Waals surface area contributed by atoms with Crippen molar-refractivity contribution in [2.24, 2.45) is 16.8 Å². The van der Waals surface area contributed by atoms with Crippen molar-refractivity contribution in [1.82, 2.24) is 4.31 Å². The Morgan fingerprint density at radius 1 is 1.30 bits per heavy atom. The van der Waals surface area contributed by atoms with Gasteiger partial charge in [0.15, 0.2) is 0 Å². The molecule has 2 heterocycles. The van der Waals surface area contributed by atoms with Crippen molar-refractivity contribution in [3.05, 3.63) is 29.3 Å². The van der Waals surface area contributed by atoms with Crippen LogP contribution in [0, 0.1) is 18.8 Å². The molecule has 3 unspecified atom stereocenters. The molecule has 2 aliphatic rings. The molecule has 7 heteroatoms. The van der Waals surface area contributed by atoms with Crippen LogP contribution in [-0.4, -0.2) is 56.4 Å². The Morgan fingerprint density at radius 2 is 2.03 bits per heavy atom. The molecule has 1 saturated heterocycles. The van der Waals surface area contributed by atoms with Crippen molar-refractivity contribution in [1.29, 1.82) is 0 Å². The monoisotopic (exact) mass is 454 g/mol. The fourth-order valence-electron chi connectivity index (χ4n) is 4.98. The zero-order valence-electron chi connectivity index (χ0n) is 18.4. The second-order valence-electron chi connectivity index (χ2n) is 8.56. The standard InChI is InChI=1S/C23H35ClN2O3S/c1-4-22(21(29-3)9-6-12-24)30(27,28)26-13-10-18(11-14-26)20-15-19-8-5-7-17(2)23(19)25-16-20/h5,7-8,16,18,20-22H,4,6,9-15H2,1-3H3. The first kappa shape index (κ1) is 23.7. The van der Waals surface area contributed by atoms with Crippen molar-refractivity contribution < 1.29 is 13.2 Å². The average molecular weight is 455 g/mol. The van der Waals surface area contributed by atoms with Crippen molar-refractivity contribution in [2.75, 3.05) is 26.1 Å². The SMILES string of the molecule is CCC(C(CCCCl)OC)S(=O)(=O)N1CCC(C2C=Nc3c(C)cccc3C2)CC1. The first-order valence-corrected chi connectivity index (χ1v) is 13.2. The molecule has 1 aromatic carbocycles. The van der Waals surface area contributed by atoms with Crippen LogP contribution in [0.2, 0.25) is 0 Å². The predicted octanol–water partition coefficient (Wildman–Crippen LogP) is 4.72. The number of aliphatic imine (C=N–C) groups is 1. The number of para-hydroxylation sites is 1. The van der Waals surface area contributed by atoms with Gasteiger partial charge in [0.1, 0.15) is 5.25 Å². The number of halogens is 1. The first-order chi connectivity index (χ1) is 14.4. The molecular weight excluding hydrogens is 420 g/mol. The zero-order chi connectivity index (χ0) is 21.7. The minimum atomic E-state index is -3.39. The number of benzene rings is 1. The maximum Gasteiger partial charge on any atom is 0.219 e. The summed E-state index contributed by atoms with van der Waals surface area (Å²) in [6.45, 7) is 5.20. The summed E-state index contributed by atoms with van der Waals surface area (Å²) in [6.07, 6.45) is 6.54. The molecule has 168 valence electrons. The largest absolute Gasteiger partial charge is 0.380 e. The third-order valence-corrected chi connectivity index (χ3v) is 9.51. The Balaban J connectivity index is 1.63. The van der Waals surface area contributed by atoms with E-state index in [0.29, 0.717) is 43.6 Å². The van der Waals surface area contributed by atoms with Crippen LogP contribution in [0.15, 0.2) is 23.2 Å². The van der Waals surface area contributed by atoms with Gasteiger partial charge in [-0.25, -0.2) is 12.7 Å². The molecule has 0 amide bonds. The van der Waals surface area contributed by atoms with Gasteiger partial charge in [-0.3, -0.25) is 4.99 Å². The number of rotatable bonds is 9. The molecule has 0 bridgehead atoms. The lowest BCUT2D eigenvalue weighted by molar-refractivity contribution is 0.0870. The van der Waals surface area contributed by atoms with Crippen LogP contribution >= 0.6 is 11.6 Å². The fourth-order valence-corrected chi connectivity index (χ4v) is 7.29. The fraction of sp³-hybridized carbons (Fsp3) is 0.696. The Morgan fingerprint density at radius 3 is 2.67 bits per heavy atom. The van der Waals surface area contributed by atoms with E-state index in [1.54, 1.807) is 11.4 Å². The number of methoxy groups -OCH3 is 1. The summed E-state index contributed by atoms with van der Waals surface area (Å²) in [5.74, 6) is 1.39. The van der Waals surface area contributed by atoms with Gasteiger partial charge < -0.3 is 4.74 Å². The number of hydrogen-bond acceptors (Lipinski definition) is 4. The quantitative estimate of drug-likeness (QED) is 0.507. The van der Waals surface area contributed by atoms with Gasteiger partial charge in [0.05, 0.1) is 11.8 Å². The number of fused-ring (bicyclic) bond motifs is 1. The van der Waals surface area contributed by atoms with E-state index in [1.807, 2.05) is 6.92 Å². The summed E-state index contributed by atoms with van der Waals surface area (Å²) in [5, 5.41) is -0.506. The second kappa shape index (κ2) is 10.6. The molecule has 5 nitrogen and oxygen atoms in total. The molecule has 0 N–H and O–H groups in total. The van der Waals surface area contributed by atoms with Gasteiger partial charge in [0.2, 0.25) is 10.0 Å². The van der Waals surface area contributed by atoms with Crippen molar-refractivity contribution in [2.45, 2.75) is 63.7 Å². The molecule has 0 radical (unpaired) electrons. The molecule has 0 aromatic heterocycles. The number of ether oxygens (including phenoxy) is 1. The van der Waals surface area contributed by atoms with Crippen LogP contribution < -0.4 is 0 Å². The van der Waals surface area contributed by atoms with Crippen LogP contribution in [0.25, 0.3) is 0 Å². The lowest BCUT2D eigenvalue weighted by Crippen LogP contribution is -2.48. The molecule has 3 atom stereocenters. The Labute approximate surface area is 186 Å². The first-order valence-electron chi connectivity index (χ1n) is 11.1. The van der Waals surface area contributed by atoms with Crippen LogP contribution in [-0.2, 0) is 21.2 Å². The topological polar surface area (TPSA) is 59.0 Å².